The van der Waals surface area contributed by atoms with Crippen LogP contribution in [0.1, 0.15) is 0 Å². The first-order valence-corrected chi connectivity index (χ1v) is 6.47. The molecule has 0 radical (unpaired) electrons. The molecule has 0 N–H and O–H groups in total. The molecule has 0 aliphatic rings. The van der Waals surface area contributed by atoms with E-state index in [0.29, 0.717) is 0 Å². The Morgan fingerprint density at radius 1 is 1.42 bits per heavy atom. The van der Waals surface area contributed by atoms with Gasteiger partial charge in [-0.25, -0.2) is 4.98 Å². The van der Waals surface area contributed by atoms with Gasteiger partial charge in [0, 0.05) is 0 Å². The summed E-state index contributed by atoms with van der Waals surface area (Å²) in [6.07, 6.45) is 0. The van der Waals surface area contributed by atoms with Crippen LogP contribution in [0.25, 0.3) is 10.7 Å². The lowest BCUT2D eigenvalue weighted by atomic mass is 10.5. The molecule has 2 nitrogen and oxygen atoms in total. The van der Waals surface area contributed by atoms with Gasteiger partial charge in [-0.15, -0.1) is 11.3 Å². The molecule has 0 spiro atoms. The smallest absolute Gasteiger partial charge is 0.183 e. The van der Waals surface area contributed by atoms with Crippen LogP contribution in [-0.4, -0.2) is 9.36 Å². The summed E-state index contributed by atoms with van der Waals surface area (Å²) in [4.78, 5) is 5.39. The van der Waals surface area contributed by atoms with Gasteiger partial charge < -0.3 is 0 Å². The van der Waals surface area contributed by atoms with Crippen molar-refractivity contribution in [3.05, 3.63) is 18.9 Å². The van der Waals surface area contributed by atoms with Crippen LogP contribution in [0, 0.1) is 3.01 Å². The predicted molar refractivity (Wildman–Crippen MR) is 63.6 cm³/mol. The summed E-state index contributed by atoms with van der Waals surface area (Å²) >= 11 is 8.65. The van der Waals surface area contributed by atoms with E-state index in [1.807, 2.05) is 12.1 Å². The van der Waals surface area contributed by atoms with Crippen LogP contribution in [0.2, 0.25) is 0 Å². The van der Waals surface area contributed by atoms with Crippen LogP contribution >= 0.6 is 61.4 Å². The van der Waals surface area contributed by atoms with Crippen molar-refractivity contribution < 1.29 is 0 Å². The zero-order chi connectivity index (χ0) is 8.55. The summed E-state index contributed by atoms with van der Waals surface area (Å²) < 4.78 is 6.30. The minimum absolute atomic E-state index is 0.833. The first kappa shape index (κ1) is 9.04. The maximum absolute atomic E-state index is 4.28. The van der Waals surface area contributed by atoms with Crippen LogP contribution in [0.4, 0.5) is 0 Å². The van der Waals surface area contributed by atoms with Crippen LogP contribution in [0.15, 0.2) is 15.9 Å². The van der Waals surface area contributed by atoms with E-state index in [2.05, 4.69) is 47.9 Å². The Morgan fingerprint density at radius 2 is 2.25 bits per heavy atom. The van der Waals surface area contributed by atoms with E-state index >= 15 is 0 Å². The average Bonchev–Trinajstić information content (AvgIpc) is 2.58. The highest BCUT2D eigenvalue weighted by molar-refractivity contribution is 14.1. The maximum atomic E-state index is 4.28. The number of halogens is 2. The Kier molecular flexibility index (Phi) is 2.78. The predicted octanol–water partition coefficient (Wildman–Crippen LogP) is 3.63. The third-order valence-corrected chi connectivity index (χ3v) is 4.15. The third kappa shape index (κ3) is 1.86. The molecule has 12 heavy (non-hydrogen) atoms. The second-order valence-corrected chi connectivity index (χ2v) is 6.94. The minimum atomic E-state index is 0.833. The summed E-state index contributed by atoms with van der Waals surface area (Å²) in [7, 11) is 0. The molecule has 6 heteroatoms. The van der Waals surface area contributed by atoms with Gasteiger partial charge in [0.2, 0.25) is 0 Å². The Bertz CT molecular complexity index is 359. The van der Waals surface area contributed by atoms with Crippen molar-refractivity contribution in [1.29, 1.82) is 0 Å². The highest BCUT2D eigenvalue weighted by Crippen LogP contribution is 2.30. The van der Waals surface area contributed by atoms with E-state index in [9.17, 15) is 0 Å². The van der Waals surface area contributed by atoms with Gasteiger partial charge >= 0.3 is 0 Å². The van der Waals surface area contributed by atoms with E-state index in [1.54, 1.807) is 11.3 Å². The molecule has 62 valence electrons. The van der Waals surface area contributed by atoms with Gasteiger partial charge in [-0.1, -0.05) is 0 Å². The van der Waals surface area contributed by atoms with Crippen molar-refractivity contribution >= 4 is 61.4 Å². The fourth-order valence-electron chi connectivity index (χ4n) is 0.740. The van der Waals surface area contributed by atoms with Crippen molar-refractivity contribution in [3.63, 3.8) is 0 Å². The number of hydrogen-bond acceptors (Lipinski definition) is 4. The van der Waals surface area contributed by atoms with Gasteiger partial charge in [-0.05, 0) is 62.2 Å². The summed E-state index contributed by atoms with van der Waals surface area (Å²) in [5.41, 5.74) is 0. The normalized spacial score (nSPS) is 10.5. The van der Waals surface area contributed by atoms with E-state index in [0.717, 1.165) is 17.5 Å². The fourth-order valence-corrected chi connectivity index (χ4v) is 3.07. The van der Waals surface area contributed by atoms with E-state index in [1.165, 1.54) is 11.5 Å². The first-order chi connectivity index (χ1) is 5.75. The first-order valence-electron chi connectivity index (χ1n) is 3.00. The summed E-state index contributed by atoms with van der Waals surface area (Å²) in [5.74, 6) is 0.833. The Balaban J connectivity index is 2.43. The standard InChI is InChI=1S/C6H2BrIN2S2/c7-4-2-1-3(11-4)5-9-6(8)12-10-5/h1-2H. The van der Waals surface area contributed by atoms with Gasteiger partial charge in [-0.3, -0.25) is 0 Å². The molecule has 0 aliphatic heterocycles. The van der Waals surface area contributed by atoms with E-state index in [4.69, 9.17) is 0 Å². The molecule has 2 aromatic rings. The number of rotatable bonds is 1. The van der Waals surface area contributed by atoms with E-state index in [-0.39, 0.29) is 0 Å². The minimum Gasteiger partial charge on any atom is -0.208 e. The second kappa shape index (κ2) is 3.69. The maximum Gasteiger partial charge on any atom is 0.183 e. The van der Waals surface area contributed by atoms with Crippen molar-refractivity contribution in [1.82, 2.24) is 9.36 Å². The largest absolute Gasteiger partial charge is 0.208 e. The molecular weight excluding hydrogens is 371 g/mol. The van der Waals surface area contributed by atoms with Gasteiger partial charge in [-0.2, -0.15) is 4.37 Å². The highest BCUT2D eigenvalue weighted by Gasteiger charge is 2.06. The summed E-state index contributed by atoms with van der Waals surface area (Å²) in [6, 6.07) is 4.03. The molecule has 0 bridgehead atoms. The van der Waals surface area contributed by atoms with E-state index < -0.39 is 0 Å². The number of nitrogens with zero attached hydrogens (tertiary/aromatic N) is 2. The number of aromatic nitrogens is 2. The molecular formula is C6H2BrIN2S2. The molecule has 2 heterocycles. The molecule has 0 atom stereocenters. The van der Waals surface area contributed by atoms with Gasteiger partial charge in [0.25, 0.3) is 0 Å². The van der Waals surface area contributed by atoms with Crippen molar-refractivity contribution in [3.8, 4) is 10.7 Å². The lowest BCUT2D eigenvalue weighted by Gasteiger charge is -1.83. The van der Waals surface area contributed by atoms with Crippen molar-refractivity contribution in [2.24, 2.45) is 0 Å². The molecule has 2 aromatic heterocycles. The SMILES string of the molecule is Brc1ccc(-c2nsc(I)n2)s1. The zero-order valence-corrected chi connectivity index (χ0v) is 11.0. The van der Waals surface area contributed by atoms with Gasteiger partial charge in [0.1, 0.15) is 0 Å². The molecule has 2 rings (SSSR count). The average molecular weight is 373 g/mol. The number of hydrogen-bond donors (Lipinski definition) is 0. The molecule has 0 saturated carbocycles. The zero-order valence-electron chi connectivity index (χ0n) is 5.62. The van der Waals surface area contributed by atoms with Crippen molar-refractivity contribution in [2.75, 3.05) is 0 Å². The van der Waals surface area contributed by atoms with Crippen LogP contribution < -0.4 is 0 Å². The lowest BCUT2D eigenvalue weighted by Crippen LogP contribution is -1.73. The topological polar surface area (TPSA) is 25.8 Å². The molecule has 0 unspecified atom stereocenters. The van der Waals surface area contributed by atoms with Gasteiger partial charge in [0.05, 0.1) is 8.66 Å². The fraction of sp³-hybridized carbons (Fsp3) is 0. The Hall–Kier alpha value is 0.470. The molecule has 0 amide bonds. The number of thiophene rings is 1. The quantitative estimate of drug-likeness (QED) is 0.714. The summed E-state index contributed by atoms with van der Waals surface area (Å²) in [5, 5.41) is 0. The Morgan fingerprint density at radius 3 is 2.75 bits per heavy atom. The second-order valence-electron chi connectivity index (χ2n) is 1.97. The van der Waals surface area contributed by atoms with Gasteiger partial charge in [0.15, 0.2) is 8.84 Å². The van der Waals surface area contributed by atoms with Crippen molar-refractivity contribution in [2.45, 2.75) is 0 Å². The van der Waals surface area contributed by atoms with Crippen LogP contribution in [0.3, 0.4) is 0 Å². The Labute approximate surface area is 99.5 Å². The molecule has 0 saturated heterocycles. The monoisotopic (exact) mass is 372 g/mol. The summed E-state index contributed by atoms with van der Waals surface area (Å²) in [6.45, 7) is 0. The van der Waals surface area contributed by atoms with Crippen LogP contribution in [-0.2, 0) is 0 Å². The molecule has 0 aromatic carbocycles. The molecule has 0 fully saturated rings. The third-order valence-electron chi connectivity index (χ3n) is 1.19. The highest BCUT2D eigenvalue weighted by atomic mass is 127. The van der Waals surface area contributed by atoms with Crippen LogP contribution in [0.5, 0.6) is 0 Å². The lowest BCUT2D eigenvalue weighted by molar-refractivity contribution is 1.32. The molecule has 0 aliphatic carbocycles.